The highest BCUT2D eigenvalue weighted by molar-refractivity contribution is 5.79. The second-order valence-corrected chi connectivity index (χ2v) is 4.72. The third-order valence-corrected chi connectivity index (χ3v) is 3.09. The van der Waals surface area contributed by atoms with E-state index in [4.69, 9.17) is 4.74 Å². The first-order valence-electron chi connectivity index (χ1n) is 7.37. The number of aliphatic imine (C=N–C) groups is 1. The van der Waals surface area contributed by atoms with Gasteiger partial charge in [-0.2, -0.15) is 0 Å². The molecule has 0 amide bonds. The lowest BCUT2D eigenvalue weighted by atomic mass is 10.2. The van der Waals surface area contributed by atoms with Gasteiger partial charge in [-0.1, -0.05) is 18.2 Å². The van der Waals surface area contributed by atoms with E-state index in [9.17, 15) is 0 Å². The Morgan fingerprint density at radius 3 is 2.59 bits per heavy atom. The lowest BCUT2D eigenvalue weighted by Crippen LogP contribution is -2.36. The molecule has 5 nitrogen and oxygen atoms in total. The van der Waals surface area contributed by atoms with Crippen LogP contribution in [0.4, 0.5) is 0 Å². The number of methoxy groups -OCH3 is 1. The fourth-order valence-electron chi connectivity index (χ4n) is 1.92. The fourth-order valence-corrected chi connectivity index (χ4v) is 1.92. The summed E-state index contributed by atoms with van der Waals surface area (Å²) < 4.78 is 5.15. The largest absolute Gasteiger partial charge is 0.497 e. The lowest BCUT2D eigenvalue weighted by molar-refractivity contribution is 0.414. The minimum Gasteiger partial charge on any atom is -0.497 e. The first-order valence-corrected chi connectivity index (χ1v) is 7.37. The molecule has 0 aliphatic rings. The number of hydrogen-bond donors (Lipinski definition) is 2. The minimum atomic E-state index is 0.613. The van der Waals surface area contributed by atoms with Crippen LogP contribution in [0.2, 0.25) is 0 Å². The third kappa shape index (κ3) is 5.09. The van der Waals surface area contributed by atoms with Crippen LogP contribution in [0.1, 0.15) is 18.2 Å². The van der Waals surface area contributed by atoms with E-state index in [0.29, 0.717) is 13.1 Å². The molecule has 0 spiro atoms. The van der Waals surface area contributed by atoms with E-state index in [2.05, 4.69) is 20.6 Å². The van der Waals surface area contributed by atoms with Gasteiger partial charge in [0.1, 0.15) is 5.75 Å². The molecule has 22 heavy (non-hydrogen) atoms. The predicted octanol–water partition coefficient (Wildman–Crippen LogP) is 2.35. The molecule has 0 saturated heterocycles. The third-order valence-electron chi connectivity index (χ3n) is 3.09. The van der Waals surface area contributed by atoms with Gasteiger partial charge in [-0.3, -0.25) is 4.98 Å². The van der Waals surface area contributed by atoms with E-state index < -0.39 is 0 Å². The molecule has 0 aliphatic carbocycles. The Kier molecular flexibility index (Phi) is 6.23. The Hall–Kier alpha value is -2.56. The summed E-state index contributed by atoms with van der Waals surface area (Å²) >= 11 is 0. The molecule has 2 N–H and O–H groups in total. The van der Waals surface area contributed by atoms with Crippen molar-refractivity contribution in [2.45, 2.75) is 20.0 Å². The van der Waals surface area contributed by atoms with Crippen molar-refractivity contribution in [1.29, 1.82) is 0 Å². The van der Waals surface area contributed by atoms with Gasteiger partial charge < -0.3 is 15.4 Å². The normalized spacial score (nSPS) is 11.1. The molecule has 2 aromatic rings. The molecule has 1 heterocycles. The number of rotatable bonds is 6. The van der Waals surface area contributed by atoms with Crippen LogP contribution < -0.4 is 15.4 Å². The van der Waals surface area contributed by atoms with Crippen molar-refractivity contribution in [3.63, 3.8) is 0 Å². The maximum absolute atomic E-state index is 5.15. The number of aromatic nitrogens is 1. The zero-order valence-electron chi connectivity index (χ0n) is 13.0. The SMILES string of the molecule is CCNC(=NCc1ccc(OC)cc1)NCc1ccccn1. The Morgan fingerprint density at radius 2 is 1.95 bits per heavy atom. The predicted molar refractivity (Wildman–Crippen MR) is 88.9 cm³/mol. The van der Waals surface area contributed by atoms with Gasteiger partial charge in [0.2, 0.25) is 0 Å². The van der Waals surface area contributed by atoms with E-state index in [-0.39, 0.29) is 0 Å². The zero-order chi connectivity index (χ0) is 15.6. The van der Waals surface area contributed by atoms with Crippen LogP contribution in [0, 0.1) is 0 Å². The van der Waals surface area contributed by atoms with Gasteiger partial charge >= 0.3 is 0 Å². The molecule has 5 heteroatoms. The van der Waals surface area contributed by atoms with Crippen LogP contribution in [0.25, 0.3) is 0 Å². The quantitative estimate of drug-likeness (QED) is 0.635. The molecule has 1 aromatic carbocycles. The molecule has 0 fully saturated rings. The number of guanidine groups is 1. The van der Waals surface area contributed by atoms with Crippen molar-refractivity contribution in [2.24, 2.45) is 4.99 Å². The van der Waals surface area contributed by atoms with Crippen LogP contribution in [0.5, 0.6) is 5.75 Å². The van der Waals surface area contributed by atoms with Crippen LogP contribution in [-0.2, 0) is 13.1 Å². The minimum absolute atomic E-state index is 0.613. The zero-order valence-corrected chi connectivity index (χ0v) is 13.0. The van der Waals surface area contributed by atoms with Crippen molar-refractivity contribution in [1.82, 2.24) is 15.6 Å². The lowest BCUT2D eigenvalue weighted by Gasteiger charge is -2.11. The fraction of sp³-hybridized carbons (Fsp3) is 0.294. The van der Waals surface area contributed by atoms with E-state index in [1.165, 1.54) is 0 Å². The molecule has 2 rings (SSSR count). The molecule has 0 saturated carbocycles. The molecule has 116 valence electrons. The second kappa shape index (κ2) is 8.67. The van der Waals surface area contributed by atoms with E-state index in [0.717, 1.165) is 29.5 Å². The summed E-state index contributed by atoms with van der Waals surface area (Å²) in [5.41, 5.74) is 2.12. The molecule has 0 bridgehead atoms. The molecular weight excluding hydrogens is 276 g/mol. The second-order valence-electron chi connectivity index (χ2n) is 4.72. The van der Waals surface area contributed by atoms with Crippen LogP contribution in [0.3, 0.4) is 0 Å². The van der Waals surface area contributed by atoms with Crippen molar-refractivity contribution in [3.8, 4) is 5.75 Å². The maximum atomic E-state index is 5.15. The van der Waals surface area contributed by atoms with Crippen molar-refractivity contribution in [3.05, 3.63) is 59.9 Å². The van der Waals surface area contributed by atoms with Crippen molar-refractivity contribution in [2.75, 3.05) is 13.7 Å². The summed E-state index contributed by atoms with van der Waals surface area (Å²) in [6.07, 6.45) is 1.79. The summed E-state index contributed by atoms with van der Waals surface area (Å²) in [5.74, 6) is 1.64. The summed E-state index contributed by atoms with van der Waals surface area (Å²) in [6.45, 7) is 4.12. The van der Waals surface area contributed by atoms with Crippen molar-refractivity contribution < 1.29 is 4.74 Å². The van der Waals surface area contributed by atoms with E-state index in [1.807, 2.05) is 49.4 Å². The smallest absolute Gasteiger partial charge is 0.191 e. The Morgan fingerprint density at radius 1 is 1.14 bits per heavy atom. The molecule has 1 aromatic heterocycles. The van der Waals surface area contributed by atoms with Crippen LogP contribution in [0.15, 0.2) is 53.7 Å². The van der Waals surface area contributed by atoms with Gasteiger partial charge in [-0.25, -0.2) is 4.99 Å². The van der Waals surface area contributed by atoms with E-state index in [1.54, 1.807) is 13.3 Å². The first-order chi connectivity index (χ1) is 10.8. The first kappa shape index (κ1) is 15.8. The van der Waals surface area contributed by atoms with Gasteiger partial charge in [0, 0.05) is 12.7 Å². The number of ether oxygens (including phenoxy) is 1. The van der Waals surface area contributed by atoms with Gasteiger partial charge in [-0.05, 0) is 36.8 Å². The topological polar surface area (TPSA) is 58.5 Å². The van der Waals surface area contributed by atoms with Gasteiger partial charge in [0.15, 0.2) is 5.96 Å². The van der Waals surface area contributed by atoms with Gasteiger partial charge in [0.25, 0.3) is 0 Å². The highest BCUT2D eigenvalue weighted by Crippen LogP contribution is 2.11. The summed E-state index contributed by atoms with van der Waals surface area (Å²) in [6, 6.07) is 13.8. The maximum Gasteiger partial charge on any atom is 0.191 e. The molecule has 0 unspecified atom stereocenters. The van der Waals surface area contributed by atoms with Gasteiger partial charge in [-0.15, -0.1) is 0 Å². The standard InChI is InChI=1S/C17H22N4O/c1-3-18-17(21-13-15-6-4-5-11-19-15)20-12-14-7-9-16(22-2)10-8-14/h4-11H,3,12-13H2,1-2H3,(H2,18,20,21). The number of nitrogens with one attached hydrogen (secondary N) is 2. The van der Waals surface area contributed by atoms with Crippen LogP contribution in [-0.4, -0.2) is 24.6 Å². The highest BCUT2D eigenvalue weighted by Gasteiger charge is 1.99. The Bertz CT molecular complexity index is 581. The summed E-state index contributed by atoms with van der Waals surface area (Å²) in [4.78, 5) is 8.87. The Labute approximate surface area is 131 Å². The summed E-state index contributed by atoms with van der Waals surface area (Å²) in [7, 11) is 1.66. The number of pyridine rings is 1. The highest BCUT2D eigenvalue weighted by atomic mass is 16.5. The molecular formula is C17H22N4O. The average Bonchev–Trinajstić information content (AvgIpc) is 2.59. The monoisotopic (exact) mass is 298 g/mol. The molecule has 0 aliphatic heterocycles. The van der Waals surface area contributed by atoms with Crippen LogP contribution >= 0.6 is 0 Å². The average molecular weight is 298 g/mol. The number of hydrogen-bond acceptors (Lipinski definition) is 3. The van der Waals surface area contributed by atoms with E-state index >= 15 is 0 Å². The van der Waals surface area contributed by atoms with Gasteiger partial charge in [0.05, 0.1) is 25.9 Å². The Balaban J connectivity index is 1.93. The molecule has 0 atom stereocenters. The number of benzene rings is 1. The van der Waals surface area contributed by atoms with Crippen molar-refractivity contribution >= 4 is 5.96 Å². The number of nitrogens with zero attached hydrogens (tertiary/aromatic N) is 2. The molecule has 0 radical (unpaired) electrons. The summed E-state index contributed by atoms with van der Waals surface area (Å²) in [5, 5.41) is 6.51.